The Kier molecular flexibility index (Phi) is 3.33. The van der Waals surface area contributed by atoms with Crippen LogP contribution in [0.15, 0.2) is 41.2 Å². The highest BCUT2D eigenvalue weighted by Gasteiger charge is 2.32. The van der Waals surface area contributed by atoms with E-state index in [1.807, 2.05) is 38.1 Å². The molecule has 1 aromatic carbocycles. The van der Waals surface area contributed by atoms with E-state index in [0.717, 1.165) is 12.1 Å². The van der Waals surface area contributed by atoms with Crippen LogP contribution in [0.25, 0.3) is 0 Å². The van der Waals surface area contributed by atoms with E-state index in [-0.39, 0.29) is 17.5 Å². The summed E-state index contributed by atoms with van der Waals surface area (Å²) in [5, 5.41) is 4.16. The number of fused-ring (bicyclic) bond motifs is 1. The fourth-order valence-corrected chi connectivity index (χ4v) is 2.79. The van der Waals surface area contributed by atoms with Gasteiger partial charge in [0, 0.05) is 24.3 Å². The second-order valence-corrected chi connectivity index (χ2v) is 5.23. The molecule has 0 aliphatic carbocycles. The summed E-state index contributed by atoms with van der Waals surface area (Å²) in [6.07, 6.45) is 0.843. The highest BCUT2D eigenvalue weighted by atomic mass is 16.2. The van der Waals surface area contributed by atoms with Crippen LogP contribution < -0.4 is 10.5 Å². The number of aromatic nitrogens is 2. The van der Waals surface area contributed by atoms with Crippen molar-refractivity contribution in [2.24, 2.45) is 0 Å². The summed E-state index contributed by atoms with van der Waals surface area (Å²) in [6.45, 7) is 4.30. The Morgan fingerprint density at radius 2 is 2.05 bits per heavy atom. The fraction of sp³-hybridized carbons (Fsp3) is 0.312. The first-order valence-corrected chi connectivity index (χ1v) is 7.11. The van der Waals surface area contributed by atoms with Crippen LogP contribution in [0.4, 0.5) is 5.69 Å². The Balaban J connectivity index is 2.01. The van der Waals surface area contributed by atoms with Crippen molar-refractivity contribution in [3.05, 3.63) is 58.0 Å². The molecular formula is C16H17N3O2. The molecule has 108 valence electrons. The number of rotatable bonds is 2. The molecule has 0 fully saturated rings. The first-order valence-electron chi connectivity index (χ1n) is 7.11. The average Bonchev–Trinajstić information content (AvgIpc) is 2.82. The first kappa shape index (κ1) is 13.5. The van der Waals surface area contributed by atoms with Gasteiger partial charge in [-0.05, 0) is 38.0 Å². The smallest absolute Gasteiger partial charge is 0.278 e. The van der Waals surface area contributed by atoms with Crippen LogP contribution in [0.2, 0.25) is 0 Å². The van der Waals surface area contributed by atoms with Crippen molar-refractivity contribution in [2.45, 2.75) is 32.9 Å². The van der Waals surface area contributed by atoms with Crippen molar-refractivity contribution in [1.29, 1.82) is 0 Å². The molecule has 21 heavy (non-hydrogen) atoms. The molecule has 1 aliphatic heterocycles. The minimum absolute atomic E-state index is 0.0960. The summed E-state index contributed by atoms with van der Waals surface area (Å²) in [7, 11) is 0. The Morgan fingerprint density at radius 1 is 1.29 bits per heavy atom. The van der Waals surface area contributed by atoms with Gasteiger partial charge in [0.1, 0.15) is 5.69 Å². The number of anilines is 1. The van der Waals surface area contributed by atoms with E-state index in [1.54, 1.807) is 4.90 Å². The molecule has 5 heteroatoms. The summed E-state index contributed by atoms with van der Waals surface area (Å²) in [6, 6.07) is 10.9. The number of aryl methyl sites for hydroxylation is 1. The molecule has 0 bridgehead atoms. The second kappa shape index (κ2) is 5.16. The molecule has 0 saturated carbocycles. The van der Waals surface area contributed by atoms with E-state index in [1.165, 1.54) is 22.4 Å². The SMILES string of the molecule is CCn1nc(C(=O)N2c3ccccc3CC2C)ccc1=O. The molecule has 1 aliphatic rings. The lowest BCUT2D eigenvalue weighted by Gasteiger charge is -2.22. The predicted octanol–water partition coefficient (Wildman–Crippen LogP) is 1.85. The van der Waals surface area contributed by atoms with E-state index in [4.69, 9.17) is 0 Å². The van der Waals surface area contributed by atoms with Crippen LogP contribution in [0, 0.1) is 0 Å². The van der Waals surface area contributed by atoms with Crippen molar-refractivity contribution < 1.29 is 4.79 Å². The molecule has 0 spiro atoms. The monoisotopic (exact) mass is 283 g/mol. The lowest BCUT2D eigenvalue weighted by Crippen LogP contribution is -2.37. The molecule has 5 nitrogen and oxygen atoms in total. The largest absolute Gasteiger partial charge is 0.304 e. The van der Waals surface area contributed by atoms with Crippen molar-refractivity contribution in [2.75, 3.05) is 4.90 Å². The minimum atomic E-state index is -0.191. The maximum atomic E-state index is 12.7. The lowest BCUT2D eigenvalue weighted by atomic mass is 10.1. The van der Waals surface area contributed by atoms with Gasteiger partial charge < -0.3 is 4.90 Å². The van der Waals surface area contributed by atoms with Crippen molar-refractivity contribution in [1.82, 2.24) is 9.78 Å². The van der Waals surface area contributed by atoms with Gasteiger partial charge in [0.05, 0.1) is 0 Å². The third kappa shape index (κ3) is 2.24. The van der Waals surface area contributed by atoms with Crippen LogP contribution in [0.3, 0.4) is 0 Å². The van der Waals surface area contributed by atoms with Gasteiger partial charge in [-0.1, -0.05) is 18.2 Å². The van der Waals surface area contributed by atoms with Gasteiger partial charge in [-0.15, -0.1) is 0 Å². The molecule has 1 aromatic heterocycles. The number of amides is 1. The van der Waals surface area contributed by atoms with Crippen molar-refractivity contribution in [3.63, 3.8) is 0 Å². The second-order valence-electron chi connectivity index (χ2n) is 5.23. The van der Waals surface area contributed by atoms with E-state index in [2.05, 4.69) is 5.10 Å². The normalized spacial score (nSPS) is 16.9. The Bertz CT molecular complexity index is 751. The minimum Gasteiger partial charge on any atom is -0.304 e. The Labute approximate surface area is 122 Å². The Hall–Kier alpha value is -2.43. The maximum Gasteiger partial charge on any atom is 0.278 e. The Morgan fingerprint density at radius 3 is 2.81 bits per heavy atom. The van der Waals surface area contributed by atoms with E-state index >= 15 is 0 Å². The fourth-order valence-electron chi connectivity index (χ4n) is 2.79. The molecule has 0 radical (unpaired) electrons. The number of carbonyl (C=O) groups excluding carboxylic acids is 1. The van der Waals surface area contributed by atoms with Crippen LogP contribution in [0.1, 0.15) is 29.9 Å². The molecule has 3 rings (SSSR count). The zero-order valence-corrected chi connectivity index (χ0v) is 12.1. The van der Waals surface area contributed by atoms with Gasteiger partial charge in [0.2, 0.25) is 0 Å². The van der Waals surface area contributed by atoms with E-state index in [9.17, 15) is 9.59 Å². The quantitative estimate of drug-likeness (QED) is 0.845. The summed E-state index contributed by atoms with van der Waals surface area (Å²) in [5.41, 5.74) is 2.22. The molecule has 1 atom stereocenters. The molecular weight excluding hydrogens is 266 g/mol. The lowest BCUT2D eigenvalue weighted by molar-refractivity contribution is 0.0974. The zero-order valence-electron chi connectivity index (χ0n) is 12.1. The predicted molar refractivity (Wildman–Crippen MR) is 80.6 cm³/mol. The number of para-hydroxylation sites is 1. The van der Waals surface area contributed by atoms with Gasteiger partial charge in [0.15, 0.2) is 0 Å². The number of hydrogen-bond acceptors (Lipinski definition) is 3. The number of carbonyl (C=O) groups is 1. The molecule has 0 saturated heterocycles. The zero-order chi connectivity index (χ0) is 15.0. The topological polar surface area (TPSA) is 55.2 Å². The summed E-state index contributed by atoms with van der Waals surface area (Å²) in [4.78, 5) is 26.1. The number of benzene rings is 1. The highest BCUT2D eigenvalue weighted by molar-refractivity contribution is 6.06. The van der Waals surface area contributed by atoms with E-state index in [0.29, 0.717) is 12.2 Å². The maximum absolute atomic E-state index is 12.7. The first-order chi connectivity index (χ1) is 10.1. The van der Waals surface area contributed by atoms with Gasteiger partial charge in [-0.2, -0.15) is 5.10 Å². The highest BCUT2D eigenvalue weighted by Crippen LogP contribution is 2.32. The average molecular weight is 283 g/mol. The van der Waals surface area contributed by atoms with Crippen molar-refractivity contribution in [3.8, 4) is 0 Å². The van der Waals surface area contributed by atoms with Crippen LogP contribution in [0.5, 0.6) is 0 Å². The molecule has 1 unspecified atom stereocenters. The van der Waals surface area contributed by atoms with Gasteiger partial charge >= 0.3 is 0 Å². The van der Waals surface area contributed by atoms with Crippen LogP contribution in [-0.2, 0) is 13.0 Å². The summed E-state index contributed by atoms with van der Waals surface area (Å²) < 4.78 is 1.31. The molecule has 2 aromatic rings. The summed E-state index contributed by atoms with van der Waals surface area (Å²) >= 11 is 0. The van der Waals surface area contributed by atoms with Crippen LogP contribution in [-0.4, -0.2) is 21.7 Å². The van der Waals surface area contributed by atoms with Gasteiger partial charge in [-0.25, -0.2) is 4.68 Å². The third-order valence-electron chi connectivity index (χ3n) is 3.81. The van der Waals surface area contributed by atoms with Crippen LogP contribution >= 0.6 is 0 Å². The molecule has 0 N–H and O–H groups in total. The standard InChI is InChI=1S/C16H17N3O2/c1-3-18-15(20)9-8-13(17-18)16(21)19-11(2)10-12-6-4-5-7-14(12)19/h4-9,11H,3,10H2,1-2H3. The molecule has 1 amide bonds. The number of hydrogen-bond donors (Lipinski definition) is 0. The van der Waals surface area contributed by atoms with Crippen molar-refractivity contribution >= 4 is 11.6 Å². The van der Waals surface area contributed by atoms with E-state index < -0.39 is 0 Å². The number of nitrogens with zero attached hydrogens (tertiary/aromatic N) is 3. The molecule has 2 heterocycles. The summed E-state index contributed by atoms with van der Waals surface area (Å²) in [5.74, 6) is -0.158. The van der Waals surface area contributed by atoms with Gasteiger partial charge in [0.25, 0.3) is 11.5 Å². The van der Waals surface area contributed by atoms with Gasteiger partial charge in [-0.3, -0.25) is 9.59 Å². The third-order valence-corrected chi connectivity index (χ3v) is 3.81.